The molecule has 0 bridgehead atoms. The number of aryl methyl sites for hydroxylation is 1. The lowest BCUT2D eigenvalue weighted by Crippen LogP contribution is -2.21. The summed E-state index contributed by atoms with van der Waals surface area (Å²) >= 11 is 0. The first-order valence-electron chi connectivity index (χ1n) is 4.76. The number of nitrogens with zero attached hydrogens (tertiary/aromatic N) is 2. The average Bonchev–Trinajstić information content (AvgIpc) is 2.45. The first-order valence-corrected chi connectivity index (χ1v) is 4.76. The van der Waals surface area contributed by atoms with Gasteiger partial charge in [0.15, 0.2) is 0 Å². The van der Waals surface area contributed by atoms with Crippen LogP contribution < -0.4 is 0 Å². The van der Waals surface area contributed by atoms with Crippen LogP contribution in [-0.4, -0.2) is 20.8 Å². The summed E-state index contributed by atoms with van der Waals surface area (Å²) in [6.45, 7) is 8.01. The van der Waals surface area contributed by atoms with Crippen LogP contribution in [0.2, 0.25) is 0 Å². The summed E-state index contributed by atoms with van der Waals surface area (Å²) in [5.74, 6) is 0. The highest BCUT2D eigenvalue weighted by Crippen LogP contribution is 2.17. The average molecular weight is 182 g/mol. The molecule has 2 unspecified atom stereocenters. The van der Waals surface area contributed by atoms with E-state index in [9.17, 15) is 5.11 Å². The molecule has 1 aromatic rings. The Morgan fingerprint density at radius 1 is 1.54 bits per heavy atom. The lowest BCUT2D eigenvalue weighted by atomic mass is 10.1. The second-order valence-corrected chi connectivity index (χ2v) is 3.54. The second-order valence-electron chi connectivity index (χ2n) is 3.54. The maximum absolute atomic E-state index is 9.66. The van der Waals surface area contributed by atoms with Crippen LogP contribution in [0, 0.1) is 13.8 Å². The van der Waals surface area contributed by atoms with E-state index in [1.54, 1.807) is 6.33 Å². The van der Waals surface area contributed by atoms with Gasteiger partial charge < -0.3 is 9.67 Å². The topological polar surface area (TPSA) is 38.0 Å². The molecule has 13 heavy (non-hydrogen) atoms. The number of rotatable bonds is 3. The van der Waals surface area contributed by atoms with Crippen LogP contribution >= 0.6 is 0 Å². The number of hydrogen-bond donors (Lipinski definition) is 1. The van der Waals surface area contributed by atoms with Crippen molar-refractivity contribution in [1.29, 1.82) is 0 Å². The molecule has 3 heteroatoms. The van der Waals surface area contributed by atoms with Crippen LogP contribution in [0.5, 0.6) is 0 Å². The summed E-state index contributed by atoms with van der Waals surface area (Å²) in [6, 6.07) is 0.117. The zero-order valence-electron chi connectivity index (χ0n) is 8.78. The van der Waals surface area contributed by atoms with Gasteiger partial charge in [-0.25, -0.2) is 4.98 Å². The highest BCUT2D eigenvalue weighted by atomic mass is 16.3. The third-order valence-corrected chi connectivity index (χ3v) is 2.70. The number of aliphatic hydroxyl groups is 1. The number of imidazole rings is 1. The quantitative estimate of drug-likeness (QED) is 0.774. The first kappa shape index (κ1) is 10.3. The van der Waals surface area contributed by atoms with Crippen LogP contribution in [0.15, 0.2) is 6.33 Å². The monoisotopic (exact) mass is 182 g/mol. The Bertz CT molecular complexity index is 280. The molecule has 0 aliphatic heterocycles. The van der Waals surface area contributed by atoms with Gasteiger partial charge in [-0.15, -0.1) is 0 Å². The molecule has 0 radical (unpaired) electrons. The smallest absolute Gasteiger partial charge is 0.0954 e. The zero-order valence-corrected chi connectivity index (χ0v) is 8.78. The van der Waals surface area contributed by atoms with Crippen molar-refractivity contribution in [2.24, 2.45) is 0 Å². The van der Waals surface area contributed by atoms with E-state index in [1.807, 2.05) is 32.3 Å². The lowest BCUT2D eigenvalue weighted by molar-refractivity contribution is 0.116. The van der Waals surface area contributed by atoms with Gasteiger partial charge in [0.05, 0.1) is 24.2 Å². The van der Waals surface area contributed by atoms with Crippen molar-refractivity contribution in [3.05, 3.63) is 17.7 Å². The van der Waals surface area contributed by atoms with Gasteiger partial charge in [0.25, 0.3) is 0 Å². The minimum absolute atomic E-state index is 0.117. The van der Waals surface area contributed by atoms with E-state index in [-0.39, 0.29) is 12.1 Å². The molecule has 0 saturated carbocycles. The summed E-state index contributed by atoms with van der Waals surface area (Å²) < 4.78 is 2.03. The molecule has 1 aromatic heterocycles. The molecular formula is C10H18N2O. The van der Waals surface area contributed by atoms with Gasteiger partial charge in [0.1, 0.15) is 0 Å². The van der Waals surface area contributed by atoms with Crippen LogP contribution in [0.4, 0.5) is 0 Å². The normalized spacial score (nSPS) is 15.8. The van der Waals surface area contributed by atoms with E-state index < -0.39 is 0 Å². The van der Waals surface area contributed by atoms with Crippen LogP contribution in [0.3, 0.4) is 0 Å². The summed E-state index contributed by atoms with van der Waals surface area (Å²) in [5.41, 5.74) is 2.18. The molecule has 1 heterocycles. The fraction of sp³-hybridized carbons (Fsp3) is 0.700. The zero-order chi connectivity index (χ0) is 10.0. The standard InChI is InChI=1S/C10H18N2O/c1-5-10(13)9(4)12-6-11-7(2)8(12)3/h6,9-10,13H,5H2,1-4H3. The van der Waals surface area contributed by atoms with Gasteiger partial charge in [-0.05, 0) is 27.2 Å². The predicted molar refractivity (Wildman–Crippen MR) is 52.7 cm³/mol. The highest BCUT2D eigenvalue weighted by Gasteiger charge is 2.15. The minimum atomic E-state index is -0.285. The van der Waals surface area contributed by atoms with Crippen LogP contribution in [0.1, 0.15) is 37.7 Å². The molecule has 1 N–H and O–H groups in total. The Kier molecular flexibility index (Phi) is 3.09. The van der Waals surface area contributed by atoms with Crippen LogP contribution in [0.25, 0.3) is 0 Å². The van der Waals surface area contributed by atoms with E-state index in [0.29, 0.717) is 0 Å². The van der Waals surface area contributed by atoms with E-state index in [0.717, 1.165) is 17.8 Å². The molecule has 0 saturated heterocycles. The second kappa shape index (κ2) is 3.92. The molecule has 2 atom stereocenters. The third-order valence-electron chi connectivity index (χ3n) is 2.70. The Hall–Kier alpha value is -0.830. The molecule has 0 spiro atoms. The summed E-state index contributed by atoms with van der Waals surface area (Å²) in [7, 11) is 0. The lowest BCUT2D eigenvalue weighted by Gasteiger charge is -2.20. The van der Waals surface area contributed by atoms with Crippen molar-refractivity contribution in [3.8, 4) is 0 Å². The third kappa shape index (κ3) is 1.91. The van der Waals surface area contributed by atoms with Gasteiger partial charge in [-0.1, -0.05) is 6.92 Å². The molecule has 0 fully saturated rings. The van der Waals surface area contributed by atoms with Crippen molar-refractivity contribution in [3.63, 3.8) is 0 Å². The number of aromatic nitrogens is 2. The maximum Gasteiger partial charge on any atom is 0.0954 e. The number of aliphatic hydroxyl groups excluding tert-OH is 1. The van der Waals surface area contributed by atoms with Crippen molar-refractivity contribution in [2.45, 2.75) is 46.3 Å². The van der Waals surface area contributed by atoms with Crippen molar-refractivity contribution in [1.82, 2.24) is 9.55 Å². The van der Waals surface area contributed by atoms with E-state index in [4.69, 9.17) is 0 Å². The molecule has 74 valence electrons. The fourth-order valence-electron chi connectivity index (χ4n) is 1.45. The van der Waals surface area contributed by atoms with Gasteiger partial charge in [-0.2, -0.15) is 0 Å². The summed E-state index contributed by atoms with van der Waals surface area (Å²) in [5, 5.41) is 9.66. The van der Waals surface area contributed by atoms with Gasteiger partial charge >= 0.3 is 0 Å². The summed E-state index contributed by atoms with van der Waals surface area (Å²) in [4.78, 5) is 4.21. The van der Waals surface area contributed by atoms with Crippen molar-refractivity contribution < 1.29 is 5.11 Å². The summed E-state index contributed by atoms with van der Waals surface area (Å²) in [6.07, 6.45) is 2.29. The fourth-order valence-corrected chi connectivity index (χ4v) is 1.45. The Labute approximate surface area is 79.4 Å². The van der Waals surface area contributed by atoms with Crippen molar-refractivity contribution in [2.75, 3.05) is 0 Å². The SMILES string of the molecule is CCC(O)C(C)n1cnc(C)c1C. The Morgan fingerprint density at radius 2 is 2.15 bits per heavy atom. The van der Waals surface area contributed by atoms with Gasteiger partial charge in [0.2, 0.25) is 0 Å². The van der Waals surface area contributed by atoms with Gasteiger partial charge in [-0.3, -0.25) is 0 Å². The molecule has 0 amide bonds. The molecule has 3 nitrogen and oxygen atoms in total. The van der Waals surface area contributed by atoms with E-state index in [1.165, 1.54) is 0 Å². The number of hydrogen-bond acceptors (Lipinski definition) is 2. The van der Waals surface area contributed by atoms with E-state index >= 15 is 0 Å². The van der Waals surface area contributed by atoms with Crippen molar-refractivity contribution >= 4 is 0 Å². The van der Waals surface area contributed by atoms with Gasteiger partial charge in [0, 0.05) is 5.69 Å². The Morgan fingerprint density at radius 3 is 2.54 bits per heavy atom. The first-order chi connectivity index (χ1) is 6.07. The largest absolute Gasteiger partial charge is 0.391 e. The molecular weight excluding hydrogens is 164 g/mol. The minimum Gasteiger partial charge on any atom is -0.391 e. The predicted octanol–water partition coefficient (Wildman–Crippen LogP) is 1.83. The molecule has 0 aliphatic rings. The maximum atomic E-state index is 9.66. The molecule has 0 aromatic carbocycles. The highest BCUT2D eigenvalue weighted by molar-refractivity contribution is 5.09. The molecule has 1 rings (SSSR count). The Balaban J connectivity index is 2.88. The molecule has 0 aliphatic carbocycles. The van der Waals surface area contributed by atoms with E-state index in [2.05, 4.69) is 4.98 Å². The van der Waals surface area contributed by atoms with Crippen LogP contribution in [-0.2, 0) is 0 Å².